The summed E-state index contributed by atoms with van der Waals surface area (Å²) in [5, 5.41) is 9.10. The van der Waals surface area contributed by atoms with Gasteiger partial charge in [0.2, 0.25) is 0 Å². The Kier molecular flexibility index (Phi) is 2.72. The second kappa shape index (κ2) is 4.17. The van der Waals surface area contributed by atoms with Crippen molar-refractivity contribution in [3.05, 3.63) is 35.4 Å². The predicted octanol–water partition coefficient (Wildman–Crippen LogP) is 2.11. The first-order valence-corrected chi connectivity index (χ1v) is 4.92. The summed E-state index contributed by atoms with van der Waals surface area (Å²) < 4.78 is 4.93. The van der Waals surface area contributed by atoms with Gasteiger partial charge in [-0.1, -0.05) is 12.1 Å². The maximum absolute atomic E-state index is 11.3. The lowest BCUT2D eigenvalue weighted by atomic mass is 10.0. The fourth-order valence-electron chi connectivity index (χ4n) is 1.53. The van der Waals surface area contributed by atoms with E-state index < -0.39 is 0 Å². The molecule has 1 heterocycles. The molecule has 1 N–H and O–H groups in total. The first-order valence-electron chi connectivity index (χ1n) is 4.92. The third kappa shape index (κ3) is 2.37. The molecule has 3 heteroatoms. The van der Waals surface area contributed by atoms with Crippen molar-refractivity contribution in [3.8, 4) is 5.75 Å². The van der Waals surface area contributed by atoms with Gasteiger partial charge in [-0.3, -0.25) is 0 Å². The van der Waals surface area contributed by atoms with Crippen LogP contribution < -0.4 is 0 Å². The number of hydrogen-bond acceptors (Lipinski definition) is 3. The lowest BCUT2D eigenvalue weighted by Crippen LogP contribution is -2.15. The number of esters is 1. The fraction of sp³-hybridized carbons (Fsp3) is 0.250. The van der Waals surface area contributed by atoms with Gasteiger partial charge in [-0.2, -0.15) is 0 Å². The first kappa shape index (κ1) is 9.77. The maximum Gasteiger partial charge on any atom is 0.334 e. The molecule has 0 spiro atoms. The molecule has 0 bridgehead atoms. The van der Waals surface area contributed by atoms with Crippen molar-refractivity contribution in [1.29, 1.82) is 0 Å². The Bertz CT molecular complexity index is 390. The van der Waals surface area contributed by atoms with Gasteiger partial charge in [0.1, 0.15) is 5.75 Å². The Hall–Kier alpha value is -1.77. The normalized spacial score (nSPS) is 18.9. The molecule has 0 radical (unpaired) electrons. The summed E-state index contributed by atoms with van der Waals surface area (Å²) in [5.74, 6) is -0.00213. The molecule has 0 aliphatic carbocycles. The Morgan fingerprint density at radius 2 is 2.00 bits per heavy atom. The quantitative estimate of drug-likeness (QED) is 0.563. The van der Waals surface area contributed by atoms with E-state index in [9.17, 15) is 4.79 Å². The molecule has 0 atom stereocenters. The summed E-state index contributed by atoms with van der Waals surface area (Å²) >= 11 is 0. The first-order chi connectivity index (χ1) is 7.25. The second-order valence-corrected chi connectivity index (χ2v) is 3.50. The molecule has 2 rings (SSSR count). The van der Waals surface area contributed by atoms with E-state index in [-0.39, 0.29) is 11.7 Å². The number of ether oxygens (including phenoxy) is 1. The van der Waals surface area contributed by atoms with E-state index in [1.54, 1.807) is 30.3 Å². The minimum absolute atomic E-state index is 0.225. The molecule has 1 aliphatic heterocycles. The van der Waals surface area contributed by atoms with Crippen molar-refractivity contribution in [2.24, 2.45) is 0 Å². The van der Waals surface area contributed by atoms with Gasteiger partial charge in [-0.05, 0) is 36.6 Å². The minimum Gasteiger partial charge on any atom is -0.508 e. The number of carbonyl (C=O) groups excluding carboxylic acids is 1. The van der Waals surface area contributed by atoms with Crippen LogP contribution in [0.2, 0.25) is 0 Å². The highest BCUT2D eigenvalue weighted by Crippen LogP contribution is 2.19. The molecular weight excluding hydrogens is 192 g/mol. The standard InChI is InChI=1S/C12H12O3/c13-11-5-3-9(4-6-11)8-10-2-1-7-15-12(10)14/h3-6,8,13H,1-2,7H2/b10-8+. The number of hydrogen-bond donors (Lipinski definition) is 1. The highest BCUT2D eigenvalue weighted by molar-refractivity contribution is 5.94. The van der Waals surface area contributed by atoms with Crippen LogP contribution in [0.15, 0.2) is 29.8 Å². The largest absolute Gasteiger partial charge is 0.508 e. The lowest BCUT2D eigenvalue weighted by molar-refractivity contribution is -0.141. The van der Waals surface area contributed by atoms with Crippen LogP contribution in [0.1, 0.15) is 18.4 Å². The molecule has 1 fully saturated rings. The smallest absolute Gasteiger partial charge is 0.334 e. The van der Waals surface area contributed by atoms with Crippen LogP contribution in [0.4, 0.5) is 0 Å². The number of cyclic esters (lactones) is 1. The molecule has 0 unspecified atom stereocenters. The average Bonchev–Trinajstić information content (AvgIpc) is 2.25. The van der Waals surface area contributed by atoms with Crippen LogP contribution in [0.5, 0.6) is 5.75 Å². The summed E-state index contributed by atoms with van der Waals surface area (Å²) in [4.78, 5) is 11.3. The Balaban J connectivity index is 2.21. The molecule has 0 amide bonds. The van der Waals surface area contributed by atoms with Crippen molar-refractivity contribution in [3.63, 3.8) is 0 Å². The Morgan fingerprint density at radius 1 is 1.27 bits per heavy atom. The molecular formula is C12H12O3. The second-order valence-electron chi connectivity index (χ2n) is 3.50. The van der Waals surface area contributed by atoms with E-state index in [0.29, 0.717) is 12.2 Å². The highest BCUT2D eigenvalue weighted by atomic mass is 16.5. The third-order valence-electron chi connectivity index (χ3n) is 2.32. The molecule has 1 aliphatic rings. The zero-order chi connectivity index (χ0) is 10.7. The summed E-state index contributed by atoms with van der Waals surface area (Å²) in [6, 6.07) is 6.73. The molecule has 78 valence electrons. The van der Waals surface area contributed by atoms with Crippen molar-refractivity contribution in [2.45, 2.75) is 12.8 Å². The van der Waals surface area contributed by atoms with Crippen LogP contribution in [0, 0.1) is 0 Å². The Morgan fingerprint density at radius 3 is 2.67 bits per heavy atom. The zero-order valence-electron chi connectivity index (χ0n) is 8.27. The number of rotatable bonds is 1. The van der Waals surface area contributed by atoms with E-state index in [1.807, 2.05) is 0 Å². The number of benzene rings is 1. The van der Waals surface area contributed by atoms with Gasteiger partial charge >= 0.3 is 5.97 Å². The summed E-state index contributed by atoms with van der Waals surface area (Å²) in [5.41, 5.74) is 1.61. The van der Waals surface area contributed by atoms with Gasteiger partial charge in [0, 0.05) is 5.57 Å². The number of phenols is 1. The van der Waals surface area contributed by atoms with E-state index in [0.717, 1.165) is 18.4 Å². The molecule has 1 aromatic carbocycles. The summed E-state index contributed by atoms with van der Waals surface area (Å²) in [6.45, 7) is 0.520. The lowest BCUT2D eigenvalue weighted by Gasteiger charge is -2.13. The van der Waals surface area contributed by atoms with E-state index in [2.05, 4.69) is 0 Å². The minimum atomic E-state index is -0.227. The molecule has 3 nitrogen and oxygen atoms in total. The molecule has 0 saturated carbocycles. The molecule has 0 aromatic heterocycles. The van der Waals surface area contributed by atoms with Crippen molar-refractivity contribution in [1.82, 2.24) is 0 Å². The number of phenolic OH excluding ortho intramolecular Hbond substituents is 1. The third-order valence-corrected chi connectivity index (χ3v) is 2.32. The number of aromatic hydroxyl groups is 1. The van der Waals surface area contributed by atoms with Gasteiger partial charge in [0.15, 0.2) is 0 Å². The average molecular weight is 204 g/mol. The molecule has 1 saturated heterocycles. The fourth-order valence-corrected chi connectivity index (χ4v) is 1.53. The van der Waals surface area contributed by atoms with Gasteiger partial charge in [-0.15, -0.1) is 0 Å². The van der Waals surface area contributed by atoms with Gasteiger partial charge in [0.05, 0.1) is 6.61 Å². The van der Waals surface area contributed by atoms with Crippen LogP contribution in [0.3, 0.4) is 0 Å². The topological polar surface area (TPSA) is 46.5 Å². The van der Waals surface area contributed by atoms with Crippen LogP contribution in [-0.2, 0) is 9.53 Å². The van der Waals surface area contributed by atoms with Crippen LogP contribution in [-0.4, -0.2) is 17.7 Å². The highest BCUT2D eigenvalue weighted by Gasteiger charge is 2.15. The summed E-state index contributed by atoms with van der Waals surface area (Å²) in [7, 11) is 0. The van der Waals surface area contributed by atoms with Gasteiger partial charge in [-0.25, -0.2) is 4.79 Å². The van der Waals surface area contributed by atoms with Crippen molar-refractivity contribution in [2.75, 3.05) is 6.61 Å². The maximum atomic E-state index is 11.3. The Labute approximate surface area is 88.0 Å². The molecule has 1 aromatic rings. The van der Waals surface area contributed by atoms with Crippen molar-refractivity contribution < 1.29 is 14.6 Å². The van der Waals surface area contributed by atoms with Crippen LogP contribution >= 0.6 is 0 Å². The van der Waals surface area contributed by atoms with Gasteiger partial charge < -0.3 is 9.84 Å². The van der Waals surface area contributed by atoms with Gasteiger partial charge in [0.25, 0.3) is 0 Å². The van der Waals surface area contributed by atoms with E-state index in [1.165, 1.54) is 0 Å². The van der Waals surface area contributed by atoms with E-state index >= 15 is 0 Å². The predicted molar refractivity (Wildman–Crippen MR) is 56.3 cm³/mol. The zero-order valence-corrected chi connectivity index (χ0v) is 8.27. The van der Waals surface area contributed by atoms with E-state index in [4.69, 9.17) is 9.84 Å². The van der Waals surface area contributed by atoms with Crippen molar-refractivity contribution >= 4 is 12.0 Å². The number of carbonyl (C=O) groups is 1. The molecule has 15 heavy (non-hydrogen) atoms. The summed E-state index contributed by atoms with van der Waals surface area (Å²) in [6.07, 6.45) is 3.45. The monoisotopic (exact) mass is 204 g/mol. The van der Waals surface area contributed by atoms with Crippen LogP contribution in [0.25, 0.3) is 6.08 Å². The SMILES string of the molecule is O=C1OCCC/C1=C\c1ccc(O)cc1.